The zero-order valence-electron chi connectivity index (χ0n) is 17.7. The monoisotopic (exact) mass is 383 g/mol. The van der Waals surface area contributed by atoms with Gasteiger partial charge in [-0.3, -0.25) is 9.69 Å². The van der Waals surface area contributed by atoms with Crippen molar-refractivity contribution in [2.24, 2.45) is 17.8 Å². The van der Waals surface area contributed by atoms with Crippen LogP contribution < -0.4 is 5.32 Å². The van der Waals surface area contributed by atoms with E-state index in [1.54, 1.807) is 0 Å². The van der Waals surface area contributed by atoms with E-state index in [1.807, 2.05) is 36.4 Å². The number of rotatable bonds is 7. The van der Waals surface area contributed by atoms with Crippen LogP contribution in [0.4, 0.5) is 0 Å². The Morgan fingerprint density at radius 1 is 1.18 bits per heavy atom. The van der Waals surface area contributed by atoms with Crippen LogP contribution in [0.3, 0.4) is 0 Å². The van der Waals surface area contributed by atoms with Crippen molar-refractivity contribution < 1.29 is 9.32 Å². The molecule has 0 aliphatic carbocycles. The van der Waals surface area contributed by atoms with Crippen molar-refractivity contribution in [3.8, 4) is 11.3 Å². The molecule has 28 heavy (non-hydrogen) atoms. The fourth-order valence-electron chi connectivity index (χ4n) is 3.84. The summed E-state index contributed by atoms with van der Waals surface area (Å²) in [5.74, 6) is 2.30. The van der Waals surface area contributed by atoms with Crippen molar-refractivity contribution in [3.63, 3.8) is 0 Å². The highest BCUT2D eigenvalue weighted by Gasteiger charge is 2.37. The molecule has 3 atom stereocenters. The molecule has 0 radical (unpaired) electrons. The van der Waals surface area contributed by atoms with Crippen molar-refractivity contribution in [1.82, 2.24) is 15.4 Å². The molecule has 1 N–H and O–H groups in total. The zero-order chi connectivity index (χ0) is 20.3. The van der Waals surface area contributed by atoms with Gasteiger partial charge in [0.25, 0.3) is 0 Å². The summed E-state index contributed by atoms with van der Waals surface area (Å²) >= 11 is 0. The van der Waals surface area contributed by atoms with Crippen LogP contribution >= 0.6 is 0 Å². The number of carbonyl (C=O) groups excluding carboxylic acids is 1. The maximum atomic E-state index is 12.9. The first kappa shape index (κ1) is 20.6. The van der Waals surface area contributed by atoms with E-state index in [0.29, 0.717) is 24.3 Å². The summed E-state index contributed by atoms with van der Waals surface area (Å²) in [7, 11) is 0. The van der Waals surface area contributed by atoms with Crippen LogP contribution in [0.1, 0.15) is 46.7 Å². The molecule has 1 aromatic heterocycles. The summed E-state index contributed by atoms with van der Waals surface area (Å²) in [4.78, 5) is 15.2. The van der Waals surface area contributed by atoms with Gasteiger partial charge in [0.1, 0.15) is 0 Å². The SMILES string of the molecule is CC(C)CC1C(=O)NC(C(C)C(C)C)CN1Cc1cc(-c2ccccc2)on1. The van der Waals surface area contributed by atoms with Gasteiger partial charge in [0.15, 0.2) is 5.76 Å². The van der Waals surface area contributed by atoms with Gasteiger partial charge in [0, 0.05) is 30.8 Å². The molecule has 152 valence electrons. The first-order valence-corrected chi connectivity index (χ1v) is 10.4. The van der Waals surface area contributed by atoms with Gasteiger partial charge in [-0.1, -0.05) is 70.1 Å². The lowest BCUT2D eigenvalue weighted by molar-refractivity contribution is -0.133. The van der Waals surface area contributed by atoms with E-state index in [1.165, 1.54) is 0 Å². The standard InChI is InChI=1S/C23H33N3O2/c1-15(2)11-21-23(27)24-20(17(5)16(3)4)14-26(21)13-19-12-22(28-25-19)18-9-7-6-8-10-18/h6-10,12,15-17,20-21H,11,13-14H2,1-5H3,(H,24,27). The molecule has 0 spiro atoms. The number of benzene rings is 1. The highest BCUT2D eigenvalue weighted by Crippen LogP contribution is 2.26. The van der Waals surface area contributed by atoms with Gasteiger partial charge in [-0.05, 0) is 24.2 Å². The summed E-state index contributed by atoms with van der Waals surface area (Å²) in [6.07, 6.45) is 0.845. The lowest BCUT2D eigenvalue weighted by atomic mass is 9.87. The fourth-order valence-corrected chi connectivity index (χ4v) is 3.84. The van der Waals surface area contributed by atoms with Crippen LogP contribution in [0.2, 0.25) is 0 Å². The number of carbonyl (C=O) groups is 1. The average molecular weight is 384 g/mol. The second-order valence-electron chi connectivity index (χ2n) is 8.84. The predicted molar refractivity (Wildman–Crippen MR) is 112 cm³/mol. The molecule has 2 aromatic rings. The lowest BCUT2D eigenvalue weighted by Crippen LogP contribution is -2.62. The molecule has 1 fully saturated rings. The van der Waals surface area contributed by atoms with Crippen molar-refractivity contribution in [2.75, 3.05) is 6.54 Å². The molecule has 0 bridgehead atoms. The van der Waals surface area contributed by atoms with Crippen LogP contribution in [-0.2, 0) is 11.3 Å². The third-order valence-corrected chi connectivity index (χ3v) is 5.87. The van der Waals surface area contributed by atoms with Gasteiger partial charge >= 0.3 is 0 Å². The maximum absolute atomic E-state index is 12.9. The first-order valence-electron chi connectivity index (χ1n) is 10.4. The molecule has 1 aliphatic rings. The second kappa shape index (κ2) is 8.91. The molecular formula is C23H33N3O2. The Morgan fingerprint density at radius 2 is 1.89 bits per heavy atom. The van der Waals surface area contributed by atoms with Crippen molar-refractivity contribution in [3.05, 3.63) is 42.1 Å². The summed E-state index contributed by atoms with van der Waals surface area (Å²) in [6, 6.07) is 12.0. The number of nitrogens with one attached hydrogen (secondary N) is 1. The quantitative estimate of drug-likeness (QED) is 0.772. The van der Waals surface area contributed by atoms with E-state index < -0.39 is 0 Å². The largest absolute Gasteiger partial charge is 0.356 e. The van der Waals surface area contributed by atoms with E-state index in [2.05, 4.69) is 50.0 Å². The fraction of sp³-hybridized carbons (Fsp3) is 0.565. The van der Waals surface area contributed by atoms with Gasteiger partial charge < -0.3 is 9.84 Å². The summed E-state index contributed by atoms with van der Waals surface area (Å²) in [6.45, 7) is 12.4. The van der Waals surface area contributed by atoms with Crippen LogP contribution in [-0.4, -0.2) is 34.6 Å². The molecule has 1 aromatic carbocycles. The number of amides is 1. The third-order valence-electron chi connectivity index (χ3n) is 5.87. The molecular weight excluding hydrogens is 350 g/mol. The van der Waals surface area contributed by atoms with Gasteiger partial charge in [0.05, 0.1) is 11.7 Å². The number of piperazine rings is 1. The summed E-state index contributed by atoms with van der Waals surface area (Å²) in [5, 5.41) is 7.56. The van der Waals surface area contributed by atoms with Gasteiger partial charge in [-0.2, -0.15) is 0 Å². The highest BCUT2D eigenvalue weighted by molar-refractivity contribution is 5.83. The predicted octanol–water partition coefficient (Wildman–Crippen LogP) is 4.35. The average Bonchev–Trinajstić information content (AvgIpc) is 3.12. The molecule has 3 rings (SSSR count). The second-order valence-corrected chi connectivity index (χ2v) is 8.84. The molecule has 1 saturated heterocycles. The highest BCUT2D eigenvalue weighted by atomic mass is 16.5. The van der Waals surface area contributed by atoms with Crippen molar-refractivity contribution in [2.45, 2.75) is 59.7 Å². The van der Waals surface area contributed by atoms with Crippen molar-refractivity contribution in [1.29, 1.82) is 0 Å². The van der Waals surface area contributed by atoms with E-state index >= 15 is 0 Å². The Labute approximate surface area is 168 Å². The van der Waals surface area contributed by atoms with Gasteiger partial charge in [-0.25, -0.2) is 0 Å². The van der Waals surface area contributed by atoms with E-state index in [0.717, 1.165) is 30.0 Å². The Balaban J connectivity index is 1.79. The normalized spacial score (nSPS) is 21.9. The van der Waals surface area contributed by atoms with Crippen LogP contribution in [0.5, 0.6) is 0 Å². The third kappa shape index (κ3) is 4.82. The molecule has 2 heterocycles. The summed E-state index contributed by atoms with van der Waals surface area (Å²) < 4.78 is 5.57. The molecule has 5 heteroatoms. The minimum absolute atomic E-state index is 0.118. The van der Waals surface area contributed by atoms with Gasteiger partial charge in [-0.15, -0.1) is 0 Å². The number of aromatic nitrogens is 1. The first-order chi connectivity index (χ1) is 13.3. The molecule has 1 amide bonds. The van der Waals surface area contributed by atoms with Crippen LogP contribution in [0.25, 0.3) is 11.3 Å². The topological polar surface area (TPSA) is 58.4 Å². The molecule has 1 aliphatic heterocycles. The van der Waals surface area contributed by atoms with E-state index in [-0.39, 0.29) is 18.0 Å². The van der Waals surface area contributed by atoms with E-state index in [9.17, 15) is 4.79 Å². The minimum atomic E-state index is -0.118. The van der Waals surface area contributed by atoms with Crippen LogP contribution in [0, 0.1) is 17.8 Å². The Morgan fingerprint density at radius 3 is 2.54 bits per heavy atom. The minimum Gasteiger partial charge on any atom is -0.356 e. The number of hydrogen-bond acceptors (Lipinski definition) is 4. The van der Waals surface area contributed by atoms with Crippen LogP contribution in [0.15, 0.2) is 40.9 Å². The van der Waals surface area contributed by atoms with Crippen molar-refractivity contribution >= 4 is 5.91 Å². The van der Waals surface area contributed by atoms with Gasteiger partial charge in [0.2, 0.25) is 5.91 Å². The molecule has 5 nitrogen and oxygen atoms in total. The Bertz CT molecular complexity index is 769. The number of hydrogen-bond donors (Lipinski definition) is 1. The zero-order valence-corrected chi connectivity index (χ0v) is 17.7. The maximum Gasteiger partial charge on any atom is 0.237 e. The number of nitrogens with zero attached hydrogens (tertiary/aromatic N) is 2. The van der Waals surface area contributed by atoms with E-state index in [4.69, 9.17) is 4.52 Å². The lowest BCUT2D eigenvalue weighted by Gasteiger charge is -2.42. The molecule has 3 unspecified atom stereocenters. The smallest absolute Gasteiger partial charge is 0.237 e. The Hall–Kier alpha value is -2.14. The Kier molecular flexibility index (Phi) is 6.55. The molecule has 0 saturated carbocycles. The summed E-state index contributed by atoms with van der Waals surface area (Å²) in [5.41, 5.74) is 1.89.